The summed E-state index contributed by atoms with van der Waals surface area (Å²) in [4.78, 5) is 31.0. The molecule has 0 N–H and O–H groups in total. The van der Waals surface area contributed by atoms with Crippen molar-refractivity contribution in [3.05, 3.63) is 87.3 Å². The van der Waals surface area contributed by atoms with Gasteiger partial charge >= 0.3 is 0 Å². The van der Waals surface area contributed by atoms with Crippen LogP contribution in [0.5, 0.6) is 0 Å². The van der Waals surface area contributed by atoms with E-state index in [1.165, 1.54) is 27.8 Å². The number of carbonyl (C=O) groups is 1. The molecule has 0 bridgehead atoms. The average molecular weight is 403 g/mol. The summed E-state index contributed by atoms with van der Waals surface area (Å²) in [6, 6.07) is 15.7. The number of aromatic nitrogens is 2. The number of hydrogen-bond donors (Lipinski definition) is 0. The largest absolute Gasteiger partial charge is 0.292 e. The predicted octanol–water partition coefficient (Wildman–Crippen LogP) is 5.44. The number of thiophene rings is 1. The van der Waals surface area contributed by atoms with Crippen molar-refractivity contribution in [3.63, 3.8) is 0 Å². The van der Waals surface area contributed by atoms with Crippen molar-refractivity contribution in [2.24, 2.45) is 0 Å². The zero-order valence-electron chi connectivity index (χ0n) is 16.7. The summed E-state index contributed by atoms with van der Waals surface area (Å²) in [7, 11) is 0. The summed E-state index contributed by atoms with van der Waals surface area (Å²) in [5.74, 6) is 0.308. The summed E-state index contributed by atoms with van der Waals surface area (Å²) in [6.07, 6.45) is 1.47. The van der Waals surface area contributed by atoms with Crippen LogP contribution in [0.2, 0.25) is 0 Å². The van der Waals surface area contributed by atoms with Gasteiger partial charge in [0.15, 0.2) is 5.78 Å². The molecule has 29 heavy (non-hydrogen) atoms. The van der Waals surface area contributed by atoms with Crippen LogP contribution >= 0.6 is 11.3 Å². The van der Waals surface area contributed by atoms with E-state index in [-0.39, 0.29) is 17.9 Å². The minimum atomic E-state index is -0.182. The molecule has 0 aliphatic carbocycles. The van der Waals surface area contributed by atoms with Crippen molar-refractivity contribution in [2.75, 3.05) is 0 Å². The zero-order chi connectivity index (χ0) is 20.5. The fourth-order valence-electron chi connectivity index (χ4n) is 3.33. The average Bonchev–Trinajstić information content (AvgIpc) is 3.15. The van der Waals surface area contributed by atoms with Gasteiger partial charge in [0.1, 0.15) is 4.83 Å². The minimum absolute atomic E-state index is 0.0218. The van der Waals surface area contributed by atoms with Crippen LogP contribution in [0.15, 0.2) is 65.0 Å². The third-order valence-corrected chi connectivity index (χ3v) is 6.02. The van der Waals surface area contributed by atoms with Gasteiger partial charge in [0.2, 0.25) is 0 Å². The Balaban J connectivity index is 1.68. The number of benzene rings is 2. The highest BCUT2D eigenvalue weighted by Crippen LogP contribution is 2.30. The van der Waals surface area contributed by atoms with Crippen LogP contribution in [-0.2, 0) is 6.54 Å². The first kappa shape index (κ1) is 19.3. The molecule has 0 atom stereocenters. The number of ketones is 1. The van der Waals surface area contributed by atoms with E-state index in [1.807, 2.05) is 60.8 Å². The van der Waals surface area contributed by atoms with Crippen molar-refractivity contribution in [1.29, 1.82) is 0 Å². The fraction of sp³-hybridized carbons (Fsp3) is 0.208. The summed E-state index contributed by atoms with van der Waals surface area (Å²) < 4.78 is 1.41. The third kappa shape index (κ3) is 3.78. The Hall–Kier alpha value is -3.05. The van der Waals surface area contributed by atoms with Gasteiger partial charge in [-0.15, -0.1) is 11.3 Å². The molecule has 0 aliphatic rings. The van der Waals surface area contributed by atoms with Crippen LogP contribution in [0.3, 0.4) is 0 Å². The smallest absolute Gasteiger partial charge is 0.263 e. The first-order chi connectivity index (χ1) is 13.9. The molecule has 2 aromatic heterocycles. The maximum Gasteiger partial charge on any atom is 0.263 e. The molecule has 5 heteroatoms. The van der Waals surface area contributed by atoms with E-state index in [2.05, 4.69) is 18.8 Å². The second kappa shape index (κ2) is 7.76. The first-order valence-corrected chi connectivity index (χ1v) is 10.5. The van der Waals surface area contributed by atoms with Gasteiger partial charge in [0, 0.05) is 16.5 Å². The fourth-order valence-corrected chi connectivity index (χ4v) is 4.23. The van der Waals surface area contributed by atoms with Gasteiger partial charge in [0.05, 0.1) is 18.3 Å². The van der Waals surface area contributed by atoms with Crippen LogP contribution in [-0.4, -0.2) is 15.3 Å². The van der Waals surface area contributed by atoms with E-state index in [0.717, 1.165) is 16.7 Å². The Morgan fingerprint density at radius 3 is 2.41 bits per heavy atom. The van der Waals surface area contributed by atoms with E-state index in [9.17, 15) is 9.59 Å². The third-order valence-electron chi connectivity index (χ3n) is 5.14. The molecule has 2 heterocycles. The lowest BCUT2D eigenvalue weighted by atomic mass is 10.0. The van der Waals surface area contributed by atoms with Crippen molar-refractivity contribution < 1.29 is 4.79 Å². The van der Waals surface area contributed by atoms with Gasteiger partial charge in [-0.2, -0.15) is 0 Å². The van der Waals surface area contributed by atoms with E-state index < -0.39 is 0 Å². The molecule has 4 aromatic rings. The van der Waals surface area contributed by atoms with E-state index in [4.69, 9.17) is 0 Å². The molecule has 0 spiro atoms. The standard InChI is InChI=1S/C24H22N2O2S/c1-15(2)17-8-10-19(11-9-17)21(27)12-26-14-25-23-22(24(26)28)20(13-29-23)18-6-4-16(3)5-7-18/h4-11,13-15H,12H2,1-3H3. The van der Waals surface area contributed by atoms with Crippen LogP contribution < -0.4 is 5.56 Å². The molecule has 146 valence electrons. The molecule has 2 aromatic carbocycles. The van der Waals surface area contributed by atoms with Gasteiger partial charge in [-0.05, 0) is 24.0 Å². The molecule has 0 fully saturated rings. The maximum atomic E-state index is 13.1. The normalized spacial score (nSPS) is 11.3. The highest BCUT2D eigenvalue weighted by Gasteiger charge is 2.15. The topological polar surface area (TPSA) is 52.0 Å². The Kier molecular flexibility index (Phi) is 5.16. The van der Waals surface area contributed by atoms with E-state index in [1.54, 1.807) is 0 Å². The molecule has 0 aliphatic heterocycles. The van der Waals surface area contributed by atoms with Crippen LogP contribution in [0.4, 0.5) is 0 Å². The number of fused-ring (bicyclic) bond motifs is 1. The Labute approximate surface area is 173 Å². The maximum absolute atomic E-state index is 13.1. The molecule has 0 radical (unpaired) electrons. The molecule has 0 saturated carbocycles. The van der Waals surface area contributed by atoms with Crippen LogP contribution in [0.1, 0.15) is 41.3 Å². The number of hydrogen-bond acceptors (Lipinski definition) is 4. The predicted molar refractivity (Wildman–Crippen MR) is 119 cm³/mol. The SMILES string of the molecule is Cc1ccc(-c2csc3ncn(CC(=O)c4ccc(C(C)C)cc4)c(=O)c23)cc1. The summed E-state index contributed by atoms with van der Waals surface area (Å²) in [6.45, 7) is 6.24. The van der Waals surface area contributed by atoms with Gasteiger partial charge in [-0.3, -0.25) is 14.2 Å². The molecule has 4 nitrogen and oxygen atoms in total. The Morgan fingerprint density at radius 2 is 1.76 bits per heavy atom. The second-order valence-electron chi connectivity index (χ2n) is 7.57. The van der Waals surface area contributed by atoms with Crippen molar-refractivity contribution in [3.8, 4) is 11.1 Å². The van der Waals surface area contributed by atoms with E-state index in [0.29, 0.717) is 21.7 Å². The van der Waals surface area contributed by atoms with E-state index >= 15 is 0 Å². The molecule has 4 rings (SSSR count). The first-order valence-electron chi connectivity index (χ1n) is 9.61. The second-order valence-corrected chi connectivity index (χ2v) is 8.43. The van der Waals surface area contributed by atoms with Crippen molar-refractivity contribution >= 4 is 27.3 Å². The zero-order valence-corrected chi connectivity index (χ0v) is 17.5. The van der Waals surface area contributed by atoms with Crippen LogP contribution in [0, 0.1) is 6.92 Å². The van der Waals surface area contributed by atoms with Gasteiger partial charge in [-0.1, -0.05) is 67.9 Å². The highest BCUT2D eigenvalue weighted by atomic mass is 32.1. The molecular weight excluding hydrogens is 380 g/mol. The summed E-state index contributed by atoms with van der Waals surface area (Å²) >= 11 is 1.45. The molecular formula is C24H22N2O2S. The summed E-state index contributed by atoms with van der Waals surface area (Å²) in [5, 5.41) is 2.53. The number of aryl methyl sites for hydroxylation is 1. The lowest BCUT2D eigenvalue weighted by molar-refractivity contribution is 0.0970. The van der Waals surface area contributed by atoms with Crippen LogP contribution in [0.25, 0.3) is 21.3 Å². The lowest BCUT2D eigenvalue weighted by Gasteiger charge is -2.08. The number of nitrogens with zero attached hydrogens (tertiary/aromatic N) is 2. The minimum Gasteiger partial charge on any atom is -0.292 e. The van der Waals surface area contributed by atoms with Gasteiger partial charge in [0.25, 0.3) is 5.56 Å². The summed E-state index contributed by atoms with van der Waals surface area (Å²) in [5.41, 5.74) is 4.62. The number of carbonyl (C=O) groups excluding carboxylic acids is 1. The molecule has 0 unspecified atom stereocenters. The Morgan fingerprint density at radius 1 is 1.07 bits per heavy atom. The number of rotatable bonds is 5. The lowest BCUT2D eigenvalue weighted by Crippen LogP contribution is -2.24. The molecule has 0 amide bonds. The molecule has 0 saturated heterocycles. The van der Waals surface area contributed by atoms with Crippen molar-refractivity contribution in [1.82, 2.24) is 9.55 Å². The van der Waals surface area contributed by atoms with Gasteiger partial charge < -0.3 is 0 Å². The quantitative estimate of drug-likeness (QED) is 0.418. The monoisotopic (exact) mass is 402 g/mol. The van der Waals surface area contributed by atoms with Crippen molar-refractivity contribution in [2.45, 2.75) is 33.2 Å². The number of Topliss-reactive ketones (excluding diaryl/α,β-unsaturated/α-hetero) is 1. The highest BCUT2D eigenvalue weighted by molar-refractivity contribution is 7.17. The van der Waals surface area contributed by atoms with Gasteiger partial charge in [-0.25, -0.2) is 4.98 Å². The Bertz CT molecular complexity index is 1230.